The number of nitrogens with two attached hydrogens (primary N) is 1. The molecule has 1 unspecified atom stereocenters. The Hall–Kier alpha value is -0.540. The SMILES string of the molecule is CC(CN)N(C)C(=O)c1cc(I)cc(C(F)(F)F)c1.Cl. The predicted molar refractivity (Wildman–Crippen MR) is 82.0 cm³/mol. The number of carbonyl (C=O) groups excluding carboxylic acids is 1. The third kappa shape index (κ3) is 4.78. The summed E-state index contributed by atoms with van der Waals surface area (Å²) in [5, 5.41) is 0. The zero-order chi connectivity index (χ0) is 14.8. The van der Waals surface area contributed by atoms with Crippen molar-refractivity contribution >= 4 is 40.9 Å². The number of likely N-dealkylation sites (N-methyl/N-ethyl adjacent to an activating group) is 1. The Bertz CT molecular complexity index is 482. The first-order valence-electron chi connectivity index (χ1n) is 5.51. The summed E-state index contributed by atoms with van der Waals surface area (Å²) in [6.45, 7) is 1.98. The van der Waals surface area contributed by atoms with Gasteiger partial charge in [0.25, 0.3) is 5.91 Å². The molecule has 0 saturated carbocycles. The van der Waals surface area contributed by atoms with Crippen LogP contribution in [0.25, 0.3) is 0 Å². The first kappa shape index (κ1) is 19.5. The minimum atomic E-state index is -4.46. The lowest BCUT2D eigenvalue weighted by Crippen LogP contribution is -2.39. The van der Waals surface area contributed by atoms with Crippen molar-refractivity contribution in [2.75, 3.05) is 13.6 Å². The molecule has 2 N–H and O–H groups in total. The molecule has 0 bridgehead atoms. The van der Waals surface area contributed by atoms with Crippen molar-refractivity contribution in [3.8, 4) is 0 Å². The Morgan fingerprint density at radius 2 is 1.95 bits per heavy atom. The van der Waals surface area contributed by atoms with E-state index >= 15 is 0 Å². The van der Waals surface area contributed by atoms with E-state index in [0.717, 1.165) is 12.1 Å². The van der Waals surface area contributed by atoms with Crippen molar-refractivity contribution in [3.63, 3.8) is 0 Å². The Morgan fingerprint density at radius 3 is 2.40 bits per heavy atom. The molecule has 0 aliphatic heterocycles. The topological polar surface area (TPSA) is 46.3 Å². The molecular weight excluding hydrogens is 407 g/mol. The van der Waals surface area contributed by atoms with Crippen molar-refractivity contribution in [1.29, 1.82) is 0 Å². The average Bonchev–Trinajstić information content (AvgIpc) is 2.34. The van der Waals surface area contributed by atoms with Crippen molar-refractivity contribution in [2.24, 2.45) is 5.73 Å². The molecule has 0 radical (unpaired) electrons. The number of alkyl halides is 3. The third-order valence-corrected chi connectivity index (χ3v) is 3.42. The maximum absolute atomic E-state index is 12.7. The third-order valence-electron chi connectivity index (χ3n) is 2.79. The van der Waals surface area contributed by atoms with Gasteiger partial charge in [-0.2, -0.15) is 13.2 Å². The standard InChI is InChI=1S/C12H14F3IN2O.ClH/c1-7(6-17)18(2)11(19)8-3-9(12(13,14)15)5-10(16)4-8;/h3-5,7H,6,17H2,1-2H3;1H. The van der Waals surface area contributed by atoms with Gasteiger partial charge in [-0.05, 0) is 47.7 Å². The van der Waals surface area contributed by atoms with E-state index in [2.05, 4.69) is 0 Å². The van der Waals surface area contributed by atoms with Crippen LogP contribution < -0.4 is 5.73 Å². The van der Waals surface area contributed by atoms with Crippen LogP contribution in [0.15, 0.2) is 18.2 Å². The molecule has 3 nitrogen and oxygen atoms in total. The lowest BCUT2D eigenvalue weighted by molar-refractivity contribution is -0.137. The van der Waals surface area contributed by atoms with E-state index in [4.69, 9.17) is 5.73 Å². The van der Waals surface area contributed by atoms with E-state index in [-0.39, 0.29) is 30.6 Å². The number of amides is 1. The van der Waals surface area contributed by atoms with Crippen molar-refractivity contribution in [2.45, 2.75) is 19.1 Å². The summed E-state index contributed by atoms with van der Waals surface area (Å²) in [4.78, 5) is 13.4. The summed E-state index contributed by atoms with van der Waals surface area (Å²) >= 11 is 1.76. The Labute approximate surface area is 135 Å². The van der Waals surface area contributed by atoms with Gasteiger partial charge in [-0.15, -0.1) is 12.4 Å². The first-order valence-corrected chi connectivity index (χ1v) is 6.59. The highest BCUT2D eigenvalue weighted by Gasteiger charge is 2.32. The highest BCUT2D eigenvalue weighted by Crippen LogP contribution is 2.31. The van der Waals surface area contributed by atoms with Gasteiger partial charge in [-0.3, -0.25) is 4.79 Å². The molecule has 1 rings (SSSR count). The normalized spacial score (nSPS) is 12.6. The molecular formula is C12H15ClF3IN2O. The minimum Gasteiger partial charge on any atom is -0.338 e. The van der Waals surface area contributed by atoms with Crippen LogP contribution in [0.2, 0.25) is 0 Å². The zero-order valence-corrected chi connectivity index (χ0v) is 13.8. The highest BCUT2D eigenvalue weighted by atomic mass is 127. The van der Waals surface area contributed by atoms with Crippen molar-refractivity contribution < 1.29 is 18.0 Å². The van der Waals surface area contributed by atoms with Crippen LogP contribution in [0.5, 0.6) is 0 Å². The molecule has 0 aliphatic rings. The lowest BCUT2D eigenvalue weighted by atomic mass is 10.1. The maximum Gasteiger partial charge on any atom is 0.416 e. The van der Waals surface area contributed by atoms with Gasteiger partial charge in [0.2, 0.25) is 0 Å². The highest BCUT2D eigenvalue weighted by molar-refractivity contribution is 14.1. The molecule has 0 saturated heterocycles. The molecule has 8 heteroatoms. The number of hydrogen-bond donors (Lipinski definition) is 1. The predicted octanol–water partition coefficient (Wildman–Crippen LogP) is 3.15. The van der Waals surface area contributed by atoms with Gasteiger partial charge >= 0.3 is 6.18 Å². The molecule has 0 aromatic heterocycles. The molecule has 1 amide bonds. The average molecular weight is 423 g/mol. The molecule has 20 heavy (non-hydrogen) atoms. The maximum atomic E-state index is 12.7. The first-order chi connectivity index (χ1) is 8.66. The van der Waals surface area contributed by atoms with Gasteiger partial charge in [0.15, 0.2) is 0 Å². The lowest BCUT2D eigenvalue weighted by Gasteiger charge is -2.24. The molecule has 0 aliphatic carbocycles. The molecule has 0 heterocycles. The van der Waals surface area contributed by atoms with E-state index in [9.17, 15) is 18.0 Å². The second-order valence-corrected chi connectivity index (χ2v) is 5.47. The number of hydrogen-bond acceptors (Lipinski definition) is 2. The molecule has 0 fully saturated rings. The molecule has 114 valence electrons. The summed E-state index contributed by atoms with van der Waals surface area (Å²) in [6, 6.07) is 3.06. The van der Waals surface area contributed by atoms with Crippen LogP contribution in [-0.4, -0.2) is 30.4 Å². The van der Waals surface area contributed by atoms with Crippen LogP contribution >= 0.6 is 35.0 Å². The summed E-state index contributed by atoms with van der Waals surface area (Å²) in [5.41, 5.74) is 4.64. The summed E-state index contributed by atoms with van der Waals surface area (Å²) in [5.74, 6) is -0.470. The molecule has 1 aromatic rings. The van der Waals surface area contributed by atoms with Crippen LogP contribution in [0.3, 0.4) is 0 Å². The van der Waals surface area contributed by atoms with Gasteiger partial charge in [0.1, 0.15) is 0 Å². The van der Waals surface area contributed by atoms with Gasteiger partial charge < -0.3 is 10.6 Å². The Balaban J connectivity index is 0.00000361. The van der Waals surface area contributed by atoms with Crippen LogP contribution in [0.4, 0.5) is 13.2 Å². The van der Waals surface area contributed by atoms with Crippen molar-refractivity contribution in [1.82, 2.24) is 4.90 Å². The van der Waals surface area contributed by atoms with E-state index < -0.39 is 17.6 Å². The second kappa shape index (κ2) is 7.46. The fourth-order valence-electron chi connectivity index (χ4n) is 1.44. The Morgan fingerprint density at radius 1 is 1.40 bits per heavy atom. The summed E-state index contributed by atoms with van der Waals surface area (Å²) in [6.07, 6.45) is -4.46. The van der Waals surface area contributed by atoms with Gasteiger partial charge in [-0.25, -0.2) is 0 Å². The fraction of sp³-hybridized carbons (Fsp3) is 0.417. The fourth-order valence-corrected chi connectivity index (χ4v) is 2.11. The van der Waals surface area contributed by atoms with Gasteiger partial charge in [0.05, 0.1) is 5.56 Å². The molecule has 1 atom stereocenters. The number of rotatable bonds is 3. The van der Waals surface area contributed by atoms with Crippen LogP contribution in [-0.2, 0) is 6.18 Å². The summed E-state index contributed by atoms with van der Waals surface area (Å²) < 4.78 is 38.4. The van der Waals surface area contributed by atoms with Gasteiger partial charge in [0, 0.05) is 28.8 Å². The number of benzene rings is 1. The van der Waals surface area contributed by atoms with Crippen LogP contribution in [0.1, 0.15) is 22.8 Å². The summed E-state index contributed by atoms with van der Waals surface area (Å²) in [7, 11) is 1.52. The molecule has 1 aromatic carbocycles. The largest absolute Gasteiger partial charge is 0.416 e. The van der Waals surface area contributed by atoms with E-state index in [0.29, 0.717) is 3.57 Å². The van der Waals surface area contributed by atoms with Crippen LogP contribution in [0, 0.1) is 3.57 Å². The van der Waals surface area contributed by atoms with Gasteiger partial charge in [-0.1, -0.05) is 0 Å². The van der Waals surface area contributed by atoms with E-state index in [1.54, 1.807) is 29.5 Å². The van der Waals surface area contributed by atoms with E-state index in [1.165, 1.54) is 18.0 Å². The number of nitrogens with zero attached hydrogens (tertiary/aromatic N) is 1. The zero-order valence-electron chi connectivity index (χ0n) is 10.9. The second-order valence-electron chi connectivity index (χ2n) is 4.23. The monoisotopic (exact) mass is 422 g/mol. The smallest absolute Gasteiger partial charge is 0.338 e. The van der Waals surface area contributed by atoms with Crippen molar-refractivity contribution in [3.05, 3.63) is 32.9 Å². The number of carbonyl (C=O) groups is 1. The molecule has 0 spiro atoms. The number of halogens is 5. The Kier molecular flexibility index (Phi) is 7.26. The minimum absolute atomic E-state index is 0. The van der Waals surface area contributed by atoms with E-state index in [1.807, 2.05) is 0 Å². The quantitative estimate of drug-likeness (QED) is 0.761.